The van der Waals surface area contributed by atoms with Crippen LogP contribution in [0.3, 0.4) is 0 Å². The molecule has 0 spiro atoms. The molecule has 6 nitrogen and oxygen atoms in total. The maximum Gasteiger partial charge on any atom is 0.280 e. The van der Waals surface area contributed by atoms with E-state index in [4.69, 9.17) is 10.00 Å². The van der Waals surface area contributed by atoms with E-state index in [2.05, 4.69) is 21.3 Å². The van der Waals surface area contributed by atoms with Crippen LogP contribution in [0.4, 0.5) is 0 Å². The van der Waals surface area contributed by atoms with Gasteiger partial charge in [0.15, 0.2) is 0 Å². The fourth-order valence-corrected chi connectivity index (χ4v) is 3.30. The third-order valence-electron chi connectivity index (χ3n) is 4.63. The first-order valence-corrected chi connectivity index (χ1v) is 8.37. The van der Waals surface area contributed by atoms with Crippen molar-refractivity contribution < 1.29 is 9.53 Å². The van der Waals surface area contributed by atoms with Crippen LogP contribution in [-0.2, 0) is 9.53 Å². The van der Waals surface area contributed by atoms with Gasteiger partial charge in [0, 0.05) is 43.4 Å². The molecule has 3 heterocycles. The van der Waals surface area contributed by atoms with Gasteiger partial charge in [0.2, 0.25) is 0 Å². The number of aliphatic imine (C=N–C) groups is 1. The van der Waals surface area contributed by atoms with Crippen molar-refractivity contribution in [2.24, 2.45) is 4.99 Å². The second-order valence-electron chi connectivity index (χ2n) is 6.27. The van der Waals surface area contributed by atoms with Gasteiger partial charge in [-0.3, -0.25) is 9.69 Å². The molecule has 4 aliphatic rings. The van der Waals surface area contributed by atoms with Gasteiger partial charge in [0.1, 0.15) is 0 Å². The van der Waals surface area contributed by atoms with Crippen LogP contribution >= 0.6 is 0 Å². The molecule has 4 rings (SSSR count). The van der Waals surface area contributed by atoms with Crippen molar-refractivity contribution in [3.05, 3.63) is 58.5 Å². The summed E-state index contributed by atoms with van der Waals surface area (Å²) >= 11 is 0. The zero-order valence-corrected chi connectivity index (χ0v) is 13.8. The van der Waals surface area contributed by atoms with Gasteiger partial charge in [-0.15, -0.1) is 0 Å². The third-order valence-corrected chi connectivity index (χ3v) is 4.63. The number of rotatable bonds is 2. The highest BCUT2D eigenvalue weighted by Crippen LogP contribution is 2.31. The Morgan fingerprint density at radius 3 is 2.88 bits per heavy atom. The highest BCUT2D eigenvalue weighted by atomic mass is 16.5. The lowest BCUT2D eigenvalue weighted by atomic mass is 9.92. The fraction of sp³-hybridized carbons (Fsp3) is 0.316. The predicted octanol–water partition coefficient (Wildman–Crippen LogP) is 1.38. The molecule has 1 fully saturated rings. The molecule has 0 aromatic heterocycles. The lowest BCUT2D eigenvalue weighted by molar-refractivity contribution is -0.113. The van der Waals surface area contributed by atoms with Crippen molar-refractivity contribution in [3.8, 4) is 6.07 Å². The number of nitrogens with zero attached hydrogens (tertiary/aromatic N) is 3. The molecule has 0 unspecified atom stereocenters. The van der Waals surface area contributed by atoms with Crippen LogP contribution in [0.25, 0.3) is 0 Å². The molecule has 0 atom stereocenters. The number of ether oxygens (including phenoxy) is 1. The van der Waals surface area contributed by atoms with Crippen LogP contribution < -0.4 is 5.32 Å². The lowest BCUT2D eigenvalue weighted by Crippen LogP contribution is -2.37. The van der Waals surface area contributed by atoms with Crippen molar-refractivity contribution >= 4 is 11.6 Å². The molecular formula is C19H18N4O2. The van der Waals surface area contributed by atoms with E-state index in [0.717, 1.165) is 55.4 Å². The lowest BCUT2D eigenvalue weighted by Gasteiger charge is -2.27. The summed E-state index contributed by atoms with van der Waals surface area (Å²) < 4.78 is 5.37. The Balaban J connectivity index is 1.54. The fourth-order valence-electron chi connectivity index (χ4n) is 3.30. The number of fused-ring (bicyclic) bond motifs is 1. The maximum absolute atomic E-state index is 12.3. The third kappa shape index (κ3) is 3.12. The minimum atomic E-state index is -0.244. The summed E-state index contributed by atoms with van der Waals surface area (Å²) in [5.41, 5.74) is 4.53. The summed E-state index contributed by atoms with van der Waals surface area (Å²) in [7, 11) is 0. The first kappa shape index (κ1) is 15.8. The van der Waals surface area contributed by atoms with Crippen LogP contribution in [-0.4, -0.2) is 49.4 Å². The number of amides is 1. The second kappa shape index (κ2) is 6.63. The molecule has 0 bridgehead atoms. The molecule has 1 aliphatic carbocycles. The SMILES string of the molecule is N#CC1=CCC2=NC(=O)/C(=C3\C=CC(CN4CCOCC4)=CN3)C2=C1. The Morgan fingerprint density at radius 1 is 1.32 bits per heavy atom. The summed E-state index contributed by atoms with van der Waals surface area (Å²) in [5.74, 6) is -0.244. The number of dihydropyridines is 1. The van der Waals surface area contributed by atoms with Crippen LogP contribution in [0, 0.1) is 11.3 Å². The molecular weight excluding hydrogens is 316 g/mol. The molecule has 0 aromatic carbocycles. The van der Waals surface area contributed by atoms with Gasteiger partial charge in [-0.2, -0.15) is 5.26 Å². The van der Waals surface area contributed by atoms with Crippen molar-refractivity contribution in [1.29, 1.82) is 5.26 Å². The Hall–Kier alpha value is -2.75. The van der Waals surface area contributed by atoms with Gasteiger partial charge >= 0.3 is 0 Å². The van der Waals surface area contributed by atoms with Crippen LogP contribution in [0.5, 0.6) is 0 Å². The minimum absolute atomic E-state index is 0.244. The van der Waals surface area contributed by atoms with Gasteiger partial charge in [0.05, 0.1) is 36.3 Å². The second-order valence-corrected chi connectivity index (χ2v) is 6.27. The summed E-state index contributed by atoms with van der Waals surface area (Å²) in [6, 6.07) is 2.14. The number of carbonyl (C=O) groups excluding carboxylic acids is 1. The first-order valence-electron chi connectivity index (χ1n) is 8.37. The van der Waals surface area contributed by atoms with E-state index in [1.807, 2.05) is 18.4 Å². The monoisotopic (exact) mass is 334 g/mol. The number of hydrogen-bond donors (Lipinski definition) is 1. The van der Waals surface area contributed by atoms with E-state index in [0.29, 0.717) is 17.6 Å². The summed E-state index contributed by atoms with van der Waals surface area (Å²) in [6.45, 7) is 4.28. The van der Waals surface area contributed by atoms with E-state index in [1.54, 1.807) is 12.2 Å². The topological polar surface area (TPSA) is 77.7 Å². The predicted molar refractivity (Wildman–Crippen MR) is 93.5 cm³/mol. The van der Waals surface area contributed by atoms with Crippen molar-refractivity contribution in [2.75, 3.05) is 32.8 Å². The average Bonchev–Trinajstić information content (AvgIpc) is 2.98. The van der Waals surface area contributed by atoms with Gasteiger partial charge in [-0.1, -0.05) is 12.2 Å². The first-order chi connectivity index (χ1) is 12.2. The zero-order valence-electron chi connectivity index (χ0n) is 13.8. The molecule has 3 aliphatic heterocycles. The normalized spacial score (nSPS) is 26.1. The molecule has 126 valence electrons. The average molecular weight is 334 g/mol. The quantitative estimate of drug-likeness (QED) is 0.772. The van der Waals surface area contributed by atoms with E-state index in [-0.39, 0.29) is 5.91 Å². The van der Waals surface area contributed by atoms with Gasteiger partial charge in [0.25, 0.3) is 5.91 Å². The Kier molecular flexibility index (Phi) is 4.18. The highest BCUT2D eigenvalue weighted by molar-refractivity contribution is 6.26. The molecule has 1 saturated heterocycles. The number of morpholine rings is 1. The van der Waals surface area contributed by atoms with Gasteiger partial charge in [-0.05, 0) is 17.7 Å². The summed E-state index contributed by atoms with van der Waals surface area (Å²) in [6.07, 6.45) is 9.97. The van der Waals surface area contributed by atoms with Crippen LogP contribution in [0.15, 0.2) is 63.5 Å². The standard InChI is InChI=1S/C19H18N4O2/c20-10-13-1-3-16-15(9-13)18(19(24)22-16)17-4-2-14(11-21-17)12-23-5-7-25-8-6-23/h1-2,4,9,11,21H,3,5-8,12H2/b18-17+. The molecule has 1 N–H and O–H groups in total. The van der Waals surface area contributed by atoms with Crippen LogP contribution in [0.2, 0.25) is 0 Å². The number of allylic oxidation sites excluding steroid dienone is 4. The molecule has 6 heteroatoms. The molecule has 25 heavy (non-hydrogen) atoms. The van der Waals surface area contributed by atoms with Crippen molar-refractivity contribution in [2.45, 2.75) is 6.42 Å². The van der Waals surface area contributed by atoms with E-state index in [1.165, 1.54) is 0 Å². The Labute approximate surface area is 146 Å². The molecule has 0 radical (unpaired) electrons. The van der Waals surface area contributed by atoms with Crippen molar-refractivity contribution in [1.82, 2.24) is 10.2 Å². The van der Waals surface area contributed by atoms with Crippen LogP contribution in [0.1, 0.15) is 6.42 Å². The van der Waals surface area contributed by atoms with E-state index in [9.17, 15) is 4.79 Å². The largest absolute Gasteiger partial charge is 0.379 e. The van der Waals surface area contributed by atoms with Crippen molar-refractivity contribution in [3.63, 3.8) is 0 Å². The number of carbonyl (C=O) groups is 1. The van der Waals surface area contributed by atoms with E-state index < -0.39 is 0 Å². The van der Waals surface area contributed by atoms with Gasteiger partial charge in [-0.25, -0.2) is 4.99 Å². The Morgan fingerprint density at radius 2 is 2.16 bits per heavy atom. The number of hydrogen-bond acceptors (Lipinski definition) is 5. The van der Waals surface area contributed by atoms with E-state index >= 15 is 0 Å². The smallest absolute Gasteiger partial charge is 0.280 e. The molecule has 1 amide bonds. The number of nitriles is 1. The van der Waals surface area contributed by atoms with Gasteiger partial charge < -0.3 is 10.1 Å². The minimum Gasteiger partial charge on any atom is -0.379 e. The summed E-state index contributed by atoms with van der Waals surface area (Å²) in [5, 5.41) is 12.3. The molecule has 0 aromatic rings. The maximum atomic E-state index is 12.3. The Bertz CT molecular complexity index is 843. The summed E-state index contributed by atoms with van der Waals surface area (Å²) in [4.78, 5) is 18.8. The zero-order chi connectivity index (χ0) is 17.2. The highest BCUT2D eigenvalue weighted by Gasteiger charge is 2.31. The number of nitrogens with one attached hydrogen (secondary N) is 1. The molecule has 0 saturated carbocycles.